The summed E-state index contributed by atoms with van der Waals surface area (Å²) in [6, 6.07) is 17.4. The molecule has 0 aliphatic heterocycles. The molecule has 1 unspecified atom stereocenters. The average Bonchev–Trinajstić information content (AvgIpc) is 3.38. The maximum Gasteiger partial charge on any atom is 0.287 e. The molecule has 0 aliphatic rings. The van der Waals surface area contributed by atoms with Crippen molar-refractivity contribution in [3.63, 3.8) is 0 Å². The van der Waals surface area contributed by atoms with Crippen molar-refractivity contribution in [2.24, 2.45) is 0 Å². The highest BCUT2D eigenvalue weighted by atomic mass is 32.1. The van der Waals surface area contributed by atoms with E-state index < -0.39 is 0 Å². The van der Waals surface area contributed by atoms with Crippen LogP contribution >= 0.6 is 11.3 Å². The van der Waals surface area contributed by atoms with Crippen molar-refractivity contribution in [3.05, 3.63) is 76.3 Å². The van der Waals surface area contributed by atoms with Crippen LogP contribution in [0.2, 0.25) is 0 Å². The summed E-state index contributed by atoms with van der Waals surface area (Å²) < 4.78 is 11.7. The van der Waals surface area contributed by atoms with E-state index in [1.54, 1.807) is 0 Å². The molecule has 1 N–H and O–H groups in total. The van der Waals surface area contributed by atoms with Gasteiger partial charge in [0.1, 0.15) is 10.6 Å². The largest absolute Gasteiger partial charge is 0.451 e. The lowest BCUT2D eigenvalue weighted by molar-refractivity contribution is 0.0642. The molecule has 0 fully saturated rings. The van der Waals surface area contributed by atoms with Gasteiger partial charge in [-0.2, -0.15) is 0 Å². The Labute approximate surface area is 179 Å². The summed E-state index contributed by atoms with van der Waals surface area (Å²) in [5.41, 5.74) is 3.42. The van der Waals surface area contributed by atoms with Gasteiger partial charge in [-0.1, -0.05) is 48.5 Å². The first kappa shape index (κ1) is 20.3. The molecular formula is C24H24N2O3S. The molecule has 154 valence electrons. The first-order valence-electron chi connectivity index (χ1n) is 9.96. The van der Waals surface area contributed by atoms with E-state index in [4.69, 9.17) is 14.1 Å². The molecule has 30 heavy (non-hydrogen) atoms. The fourth-order valence-corrected chi connectivity index (χ4v) is 4.06. The van der Waals surface area contributed by atoms with Crippen molar-refractivity contribution in [1.82, 2.24) is 10.3 Å². The molecule has 0 radical (unpaired) electrons. The van der Waals surface area contributed by atoms with Crippen molar-refractivity contribution in [2.45, 2.75) is 39.5 Å². The van der Waals surface area contributed by atoms with E-state index in [2.05, 4.69) is 5.32 Å². The zero-order chi connectivity index (χ0) is 21.1. The van der Waals surface area contributed by atoms with Crippen LogP contribution in [0.15, 0.2) is 64.4 Å². The molecule has 2 aromatic heterocycles. The number of thiazole rings is 1. The van der Waals surface area contributed by atoms with Crippen LogP contribution in [0, 0.1) is 0 Å². The summed E-state index contributed by atoms with van der Waals surface area (Å²) in [7, 11) is 0. The second kappa shape index (κ2) is 8.81. The Kier molecular flexibility index (Phi) is 5.97. The molecular weight excluding hydrogens is 396 g/mol. The Morgan fingerprint density at radius 1 is 1.10 bits per heavy atom. The summed E-state index contributed by atoms with van der Waals surface area (Å²) in [6.07, 6.45) is 0.0558. The molecule has 1 amide bonds. The number of ether oxygens (including phenoxy) is 1. The number of amides is 1. The molecule has 0 saturated carbocycles. The van der Waals surface area contributed by atoms with Crippen molar-refractivity contribution >= 4 is 28.2 Å². The van der Waals surface area contributed by atoms with Crippen LogP contribution in [0.3, 0.4) is 0 Å². The maximum absolute atomic E-state index is 13.1. The summed E-state index contributed by atoms with van der Waals surface area (Å²) in [5.74, 6) is 0.0288. The van der Waals surface area contributed by atoms with Gasteiger partial charge >= 0.3 is 0 Å². The molecule has 4 rings (SSSR count). The Morgan fingerprint density at radius 3 is 2.60 bits per heavy atom. The van der Waals surface area contributed by atoms with Crippen molar-refractivity contribution < 1.29 is 13.9 Å². The second-order valence-corrected chi connectivity index (χ2v) is 8.29. The third kappa shape index (κ3) is 4.30. The van der Waals surface area contributed by atoms with E-state index in [1.165, 1.54) is 11.3 Å². The minimum Gasteiger partial charge on any atom is -0.451 e. The molecule has 5 nitrogen and oxygen atoms in total. The zero-order valence-electron chi connectivity index (χ0n) is 17.2. The van der Waals surface area contributed by atoms with E-state index >= 15 is 0 Å². The number of para-hydroxylation sites is 1. The van der Waals surface area contributed by atoms with E-state index in [9.17, 15) is 4.79 Å². The van der Waals surface area contributed by atoms with Gasteiger partial charge in [-0.25, -0.2) is 4.98 Å². The average molecular weight is 421 g/mol. The molecule has 2 heterocycles. The molecule has 6 heteroatoms. The Balaban J connectivity index is 1.56. The number of aromatic nitrogens is 1. The second-order valence-electron chi connectivity index (χ2n) is 7.40. The Bertz CT molecular complexity index is 1150. The van der Waals surface area contributed by atoms with E-state index in [0.717, 1.165) is 27.2 Å². The van der Waals surface area contributed by atoms with Crippen LogP contribution in [0.1, 0.15) is 47.9 Å². The van der Waals surface area contributed by atoms with Crippen molar-refractivity contribution in [2.75, 3.05) is 0 Å². The van der Waals surface area contributed by atoms with Crippen LogP contribution in [0.25, 0.3) is 22.2 Å². The maximum atomic E-state index is 13.1. The van der Waals surface area contributed by atoms with Crippen LogP contribution in [0.4, 0.5) is 0 Å². The van der Waals surface area contributed by atoms with Gasteiger partial charge in [-0.15, -0.1) is 11.3 Å². The van der Waals surface area contributed by atoms with Crippen LogP contribution in [0.5, 0.6) is 0 Å². The molecule has 0 bridgehead atoms. The quantitative estimate of drug-likeness (QED) is 0.400. The highest BCUT2D eigenvalue weighted by Crippen LogP contribution is 2.29. The fourth-order valence-electron chi connectivity index (χ4n) is 3.23. The molecule has 2 aromatic carbocycles. The number of benzene rings is 2. The summed E-state index contributed by atoms with van der Waals surface area (Å²) in [4.78, 5) is 17.8. The molecule has 1 atom stereocenters. The predicted octanol–water partition coefficient (Wildman–Crippen LogP) is 5.97. The van der Waals surface area contributed by atoms with Gasteiger partial charge < -0.3 is 14.5 Å². The lowest BCUT2D eigenvalue weighted by atomic mass is 10.1. The number of hydrogen-bond acceptors (Lipinski definition) is 5. The van der Waals surface area contributed by atoms with Gasteiger partial charge in [0.2, 0.25) is 0 Å². The predicted molar refractivity (Wildman–Crippen MR) is 120 cm³/mol. The number of nitrogens with one attached hydrogen (secondary N) is 1. The normalized spacial score (nSPS) is 12.4. The van der Waals surface area contributed by atoms with E-state index in [0.29, 0.717) is 18.0 Å². The molecule has 4 aromatic rings. The van der Waals surface area contributed by atoms with E-state index in [1.807, 2.05) is 80.7 Å². The Morgan fingerprint density at radius 2 is 1.83 bits per heavy atom. The standard InChI is InChI=1S/C24H24N2O3S/c1-15(2)28-13-19-18-11-7-8-12-21(18)29-22(19)23(27)25-16(3)24-26-20(14-30-24)17-9-5-4-6-10-17/h4-12,14-16H,13H2,1-3H3,(H,25,27). The number of furan rings is 1. The summed E-state index contributed by atoms with van der Waals surface area (Å²) in [5, 5.41) is 6.78. The zero-order valence-corrected chi connectivity index (χ0v) is 18.0. The summed E-state index contributed by atoms with van der Waals surface area (Å²) in [6.45, 7) is 6.19. The SMILES string of the molecule is CC(C)OCc1c(C(=O)NC(C)c2nc(-c3ccccc3)cs2)oc2ccccc12. The molecule has 0 saturated heterocycles. The van der Waals surface area contributed by atoms with Crippen molar-refractivity contribution in [1.29, 1.82) is 0 Å². The van der Waals surface area contributed by atoms with Gasteiger partial charge in [0.05, 0.1) is 24.4 Å². The van der Waals surface area contributed by atoms with Crippen LogP contribution in [-0.4, -0.2) is 17.0 Å². The summed E-state index contributed by atoms with van der Waals surface area (Å²) >= 11 is 1.53. The minimum atomic E-state index is -0.266. The van der Waals surface area contributed by atoms with Gasteiger partial charge in [-0.05, 0) is 26.8 Å². The lowest BCUT2D eigenvalue weighted by Gasteiger charge is -2.12. The number of fused-ring (bicyclic) bond motifs is 1. The number of carbonyl (C=O) groups excluding carboxylic acids is 1. The topological polar surface area (TPSA) is 64.4 Å². The van der Waals surface area contributed by atoms with Crippen molar-refractivity contribution in [3.8, 4) is 11.3 Å². The third-order valence-electron chi connectivity index (χ3n) is 4.78. The van der Waals surface area contributed by atoms with Gasteiger partial charge in [0, 0.05) is 21.9 Å². The Hall–Kier alpha value is -2.96. The first-order valence-corrected chi connectivity index (χ1v) is 10.8. The smallest absolute Gasteiger partial charge is 0.287 e. The minimum absolute atomic E-state index is 0.0558. The number of hydrogen-bond donors (Lipinski definition) is 1. The van der Waals surface area contributed by atoms with Crippen LogP contribution in [-0.2, 0) is 11.3 Å². The highest BCUT2D eigenvalue weighted by Gasteiger charge is 2.23. The molecule has 0 aliphatic carbocycles. The number of rotatable bonds is 7. The van der Waals surface area contributed by atoms with Gasteiger partial charge in [0.15, 0.2) is 5.76 Å². The third-order valence-corrected chi connectivity index (χ3v) is 5.80. The molecule has 0 spiro atoms. The fraction of sp³-hybridized carbons (Fsp3) is 0.250. The van der Waals surface area contributed by atoms with Gasteiger partial charge in [0.25, 0.3) is 5.91 Å². The number of nitrogens with zero attached hydrogens (tertiary/aromatic N) is 1. The van der Waals surface area contributed by atoms with Gasteiger partial charge in [-0.3, -0.25) is 4.79 Å². The lowest BCUT2D eigenvalue weighted by Crippen LogP contribution is -2.27. The highest BCUT2D eigenvalue weighted by molar-refractivity contribution is 7.10. The van der Waals surface area contributed by atoms with E-state index in [-0.39, 0.29) is 18.1 Å². The van der Waals surface area contributed by atoms with Crippen LogP contribution < -0.4 is 5.32 Å². The number of carbonyl (C=O) groups is 1. The first-order chi connectivity index (χ1) is 14.5. The monoisotopic (exact) mass is 420 g/mol.